The van der Waals surface area contributed by atoms with E-state index in [1.807, 2.05) is 6.07 Å². The van der Waals surface area contributed by atoms with Gasteiger partial charge in [-0.1, -0.05) is 18.6 Å². The molecule has 2 heterocycles. The molecule has 1 aliphatic heterocycles. The summed E-state index contributed by atoms with van der Waals surface area (Å²) >= 11 is 0. The van der Waals surface area contributed by atoms with Crippen LogP contribution in [0.1, 0.15) is 19.3 Å². The molecule has 0 amide bonds. The van der Waals surface area contributed by atoms with Gasteiger partial charge in [0.1, 0.15) is 11.0 Å². The molecule has 0 radical (unpaired) electrons. The minimum Gasteiger partial charge on any atom is -0.300 e. The quantitative estimate of drug-likeness (QED) is 0.806. The number of rotatable bonds is 3. The molecule has 4 nitrogen and oxygen atoms in total. The maximum Gasteiger partial charge on any atom is 0.353 e. The number of anilines is 1. The highest BCUT2D eigenvalue weighted by Gasteiger charge is 2.15. The molecule has 1 aromatic carbocycles. The van der Waals surface area contributed by atoms with Crippen molar-refractivity contribution in [3.8, 4) is 0 Å². The Bertz CT molecular complexity index is 526. The second kappa shape index (κ2) is 4.98. The number of nitrogens with two attached hydrogens (primary N) is 1. The van der Waals surface area contributed by atoms with Crippen LogP contribution >= 0.6 is 0 Å². The van der Waals surface area contributed by atoms with E-state index in [0.29, 0.717) is 0 Å². The summed E-state index contributed by atoms with van der Waals surface area (Å²) < 4.78 is 2.18. The standard InChI is InChI=1S/C14H20N4/c15-14-16-12-6-2-3-7-13(12)18(14)11-10-17-8-4-1-5-9-17/h2-3,6-7H,1,4-5,8-11H2,(H2,15,16)/p+1. The Hall–Kier alpha value is -1.55. The number of nitrogen functional groups attached to an aromatic ring is 1. The predicted octanol–water partition coefficient (Wildman–Crippen LogP) is 1.52. The summed E-state index contributed by atoms with van der Waals surface area (Å²) in [5.74, 6) is 0.758. The zero-order valence-corrected chi connectivity index (χ0v) is 10.7. The van der Waals surface area contributed by atoms with Gasteiger partial charge in [-0.3, -0.25) is 5.73 Å². The third-order valence-electron chi connectivity index (χ3n) is 3.84. The van der Waals surface area contributed by atoms with Crippen molar-refractivity contribution in [2.75, 3.05) is 25.4 Å². The van der Waals surface area contributed by atoms with Crippen molar-refractivity contribution in [3.05, 3.63) is 24.3 Å². The highest BCUT2D eigenvalue weighted by molar-refractivity contribution is 5.72. The van der Waals surface area contributed by atoms with Crippen molar-refractivity contribution in [2.45, 2.75) is 25.8 Å². The number of benzene rings is 1. The number of hydrogen-bond donors (Lipinski definition) is 2. The van der Waals surface area contributed by atoms with Gasteiger partial charge in [-0.05, 0) is 38.1 Å². The molecule has 0 saturated carbocycles. The van der Waals surface area contributed by atoms with Gasteiger partial charge in [0.2, 0.25) is 0 Å². The van der Waals surface area contributed by atoms with E-state index in [-0.39, 0.29) is 0 Å². The third kappa shape index (κ3) is 2.20. The van der Waals surface area contributed by atoms with Gasteiger partial charge in [0.25, 0.3) is 0 Å². The van der Waals surface area contributed by atoms with Crippen LogP contribution in [0, 0.1) is 0 Å². The lowest BCUT2D eigenvalue weighted by atomic mass is 10.1. The smallest absolute Gasteiger partial charge is 0.300 e. The molecule has 1 fully saturated rings. The van der Waals surface area contributed by atoms with Crippen LogP contribution in [0.25, 0.3) is 11.0 Å². The third-order valence-corrected chi connectivity index (χ3v) is 3.84. The van der Waals surface area contributed by atoms with Gasteiger partial charge in [0.05, 0.1) is 6.54 Å². The van der Waals surface area contributed by atoms with Crippen LogP contribution in [0.3, 0.4) is 0 Å². The van der Waals surface area contributed by atoms with E-state index in [9.17, 15) is 0 Å². The number of para-hydroxylation sites is 2. The van der Waals surface area contributed by atoms with E-state index < -0.39 is 0 Å². The molecule has 1 aliphatic rings. The first kappa shape index (κ1) is 11.5. The highest BCUT2D eigenvalue weighted by Crippen LogP contribution is 2.11. The van der Waals surface area contributed by atoms with Gasteiger partial charge in [-0.25, -0.2) is 9.55 Å². The molecule has 1 aromatic heterocycles. The molecule has 0 spiro atoms. The van der Waals surface area contributed by atoms with Crippen LogP contribution in [0.2, 0.25) is 0 Å². The van der Waals surface area contributed by atoms with E-state index in [1.54, 1.807) is 0 Å². The van der Waals surface area contributed by atoms with E-state index in [0.717, 1.165) is 24.6 Å². The molecule has 1 saturated heterocycles. The van der Waals surface area contributed by atoms with E-state index in [4.69, 9.17) is 5.73 Å². The summed E-state index contributed by atoms with van der Waals surface area (Å²) in [6, 6.07) is 8.29. The maximum absolute atomic E-state index is 6.06. The SMILES string of the molecule is Nc1[nH]c2ccccc2[n+]1CCN1CCCCC1. The van der Waals surface area contributed by atoms with Gasteiger partial charge >= 0.3 is 5.95 Å². The fourth-order valence-electron chi connectivity index (χ4n) is 2.82. The van der Waals surface area contributed by atoms with Gasteiger partial charge in [0.15, 0.2) is 0 Å². The monoisotopic (exact) mass is 245 g/mol. The number of likely N-dealkylation sites (tertiary alicyclic amines) is 1. The summed E-state index contributed by atoms with van der Waals surface area (Å²) in [6.07, 6.45) is 4.07. The molecule has 3 N–H and O–H groups in total. The van der Waals surface area contributed by atoms with Gasteiger partial charge in [-0.15, -0.1) is 0 Å². The Labute approximate surface area is 107 Å². The van der Waals surface area contributed by atoms with Crippen LogP contribution in [0.5, 0.6) is 0 Å². The lowest BCUT2D eigenvalue weighted by Crippen LogP contribution is -2.43. The minimum atomic E-state index is 0.758. The van der Waals surface area contributed by atoms with Crippen molar-refractivity contribution in [1.82, 2.24) is 9.88 Å². The molecule has 2 aromatic rings. The zero-order valence-electron chi connectivity index (χ0n) is 10.7. The highest BCUT2D eigenvalue weighted by atomic mass is 15.2. The van der Waals surface area contributed by atoms with Crippen LogP contribution in [-0.4, -0.2) is 29.5 Å². The summed E-state index contributed by atoms with van der Waals surface area (Å²) in [5.41, 5.74) is 8.38. The second-order valence-corrected chi connectivity index (χ2v) is 5.08. The van der Waals surface area contributed by atoms with Crippen LogP contribution in [0.15, 0.2) is 24.3 Å². The lowest BCUT2D eigenvalue weighted by molar-refractivity contribution is -0.656. The first-order valence-electron chi connectivity index (χ1n) is 6.83. The van der Waals surface area contributed by atoms with Crippen molar-refractivity contribution >= 4 is 17.0 Å². The molecule has 4 heteroatoms. The molecular weight excluding hydrogens is 224 g/mol. The average molecular weight is 245 g/mol. The number of piperidine rings is 1. The van der Waals surface area contributed by atoms with Gasteiger partial charge in [0, 0.05) is 6.54 Å². The number of nitrogens with zero attached hydrogens (tertiary/aromatic N) is 2. The molecule has 18 heavy (non-hydrogen) atoms. The van der Waals surface area contributed by atoms with Crippen molar-refractivity contribution in [3.63, 3.8) is 0 Å². The average Bonchev–Trinajstić information content (AvgIpc) is 2.73. The number of aromatic amines is 1. The molecule has 0 aliphatic carbocycles. The Kier molecular flexibility index (Phi) is 3.19. The van der Waals surface area contributed by atoms with E-state index in [1.165, 1.54) is 37.9 Å². The van der Waals surface area contributed by atoms with Crippen LogP contribution in [0.4, 0.5) is 5.95 Å². The summed E-state index contributed by atoms with van der Waals surface area (Å²) in [6.45, 7) is 4.54. The molecule has 0 unspecified atom stereocenters. The van der Waals surface area contributed by atoms with Crippen molar-refractivity contribution < 1.29 is 4.57 Å². The van der Waals surface area contributed by atoms with Crippen molar-refractivity contribution in [2.24, 2.45) is 0 Å². The lowest BCUT2D eigenvalue weighted by Gasteiger charge is -2.25. The van der Waals surface area contributed by atoms with Gasteiger partial charge in [-0.2, -0.15) is 0 Å². The van der Waals surface area contributed by atoms with Gasteiger partial charge < -0.3 is 4.90 Å². The first-order chi connectivity index (χ1) is 8.84. The summed E-state index contributed by atoms with van der Waals surface area (Å²) in [5, 5.41) is 0. The van der Waals surface area contributed by atoms with Crippen molar-refractivity contribution in [1.29, 1.82) is 0 Å². The first-order valence-corrected chi connectivity index (χ1v) is 6.83. The number of aromatic nitrogens is 2. The number of fused-ring (bicyclic) bond motifs is 1. The Morgan fingerprint density at radius 2 is 1.94 bits per heavy atom. The fraction of sp³-hybridized carbons (Fsp3) is 0.500. The molecule has 0 bridgehead atoms. The topological polar surface area (TPSA) is 48.9 Å². The molecule has 96 valence electrons. The Morgan fingerprint density at radius 1 is 1.17 bits per heavy atom. The Morgan fingerprint density at radius 3 is 2.78 bits per heavy atom. The van der Waals surface area contributed by atoms with Crippen LogP contribution in [-0.2, 0) is 6.54 Å². The maximum atomic E-state index is 6.06. The number of hydrogen-bond acceptors (Lipinski definition) is 2. The number of H-pyrrole nitrogens is 1. The van der Waals surface area contributed by atoms with Crippen LogP contribution < -0.4 is 10.3 Å². The summed E-state index contributed by atoms with van der Waals surface area (Å²) in [7, 11) is 0. The fourth-order valence-corrected chi connectivity index (χ4v) is 2.82. The second-order valence-electron chi connectivity index (χ2n) is 5.08. The number of nitrogens with one attached hydrogen (secondary N) is 1. The molecule has 3 rings (SSSR count). The van der Waals surface area contributed by atoms with E-state index in [2.05, 4.69) is 32.7 Å². The van der Waals surface area contributed by atoms with E-state index >= 15 is 0 Å². The predicted molar refractivity (Wildman–Crippen MR) is 73.2 cm³/mol. The zero-order chi connectivity index (χ0) is 12.4. The normalized spacial score (nSPS) is 17.3. The minimum absolute atomic E-state index is 0.758. The molecular formula is C14H21N4+. The largest absolute Gasteiger partial charge is 0.353 e. The number of imidazole rings is 1. The summed E-state index contributed by atoms with van der Waals surface area (Å²) in [4.78, 5) is 5.78. The Balaban J connectivity index is 1.75. The molecule has 0 atom stereocenters.